The van der Waals surface area contributed by atoms with Gasteiger partial charge in [-0.1, -0.05) is 58.3 Å². The molecule has 2 nitrogen and oxygen atoms in total. The van der Waals surface area contributed by atoms with Gasteiger partial charge in [0.2, 0.25) is 0 Å². The van der Waals surface area contributed by atoms with Crippen LogP contribution in [0.4, 0.5) is 0 Å². The minimum Gasteiger partial charge on any atom is -0.378 e. The van der Waals surface area contributed by atoms with Crippen LogP contribution in [-0.4, -0.2) is 25.8 Å². The van der Waals surface area contributed by atoms with Crippen molar-refractivity contribution >= 4 is 0 Å². The van der Waals surface area contributed by atoms with Crippen molar-refractivity contribution in [1.82, 2.24) is 5.32 Å². The maximum Gasteiger partial charge on any atom is 0.0590 e. The summed E-state index contributed by atoms with van der Waals surface area (Å²) in [4.78, 5) is 0. The molecule has 0 radical (unpaired) electrons. The van der Waals surface area contributed by atoms with E-state index >= 15 is 0 Å². The monoisotopic (exact) mass is 283 g/mol. The molecule has 0 saturated carbocycles. The van der Waals surface area contributed by atoms with E-state index in [9.17, 15) is 0 Å². The highest BCUT2D eigenvalue weighted by Gasteiger charge is 2.18. The maximum absolute atomic E-state index is 5.85. The molecule has 1 saturated heterocycles. The lowest BCUT2D eigenvalue weighted by Gasteiger charge is -2.26. The van der Waals surface area contributed by atoms with Gasteiger partial charge in [-0.2, -0.15) is 0 Å². The maximum atomic E-state index is 5.85. The number of hydrogen-bond acceptors (Lipinski definition) is 2. The molecule has 0 aromatic heterocycles. The predicted molar refractivity (Wildman–Crippen MR) is 88.3 cm³/mol. The normalized spacial score (nSPS) is 21.0. The minimum absolute atomic E-state index is 0.523. The summed E-state index contributed by atoms with van der Waals surface area (Å²) in [6, 6.07) is 0.665. The van der Waals surface area contributed by atoms with Gasteiger partial charge in [-0.3, -0.25) is 0 Å². The fourth-order valence-electron chi connectivity index (χ4n) is 3.22. The Morgan fingerprint density at radius 3 is 2.30 bits per heavy atom. The Labute approximate surface area is 127 Å². The summed E-state index contributed by atoms with van der Waals surface area (Å²) in [6.07, 6.45) is 18.3. The Kier molecular flexibility index (Phi) is 11.4. The van der Waals surface area contributed by atoms with E-state index in [0.717, 1.165) is 6.61 Å². The predicted octanol–water partition coefficient (Wildman–Crippen LogP) is 5.06. The highest BCUT2D eigenvalue weighted by molar-refractivity contribution is 4.73. The van der Waals surface area contributed by atoms with Crippen LogP contribution in [0.5, 0.6) is 0 Å². The second kappa shape index (κ2) is 12.6. The Bertz CT molecular complexity index is 202. The highest BCUT2D eigenvalue weighted by atomic mass is 16.5. The van der Waals surface area contributed by atoms with E-state index in [4.69, 9.17) is 4.74 Å². The summed E-state index contributed by atoms with van der Waals surface area (Å²) in [5.41, 5.74) is 0. The molecule has 1 rings (SSSR count). The van der Waals surface area contributed by atoms with Gasteiger partial charge < -0.3 is 10.1 Å². The van der Waals surface area contributed by atoms with Gasteiger partial charge in [-0.15, -0.1) is 0 Å². The number of hydrogen-bond donors (Lipinski definition) is 1. The molecule has 120 valence electrons. The zero-order valence-corrected chi connectivity index (χ0v) is 14.0. The first-order chi connectivity index (χ1) is 9.86. The SMILES string of the molecule is CCCCCCCCCCC(CC1CCCCO1)NC. The molecule has 2 unspecified atom stereocenters. The summed E-state index contributed by atoms with van der Waals surface area (Å²) in [5, 5.41) is 3.49. The average molecular weight is 283 g/mol. The Morgan fingerprint density at radius 2 is 1.70 bits per heavy atom. The molecular formula is C18H37NO. The molecular weight excluding hydrogens is 246 g/mol. The van der Waals surface area contributed by atoms with Gasteiger partial charge in [0, 0.05) is 12.6 Å². The van der Waals surface area contributed by atoms with Crippen LogP contribution < -0.4 is 5.32 Å². The summed E-state index contributed by atoms with van der Waals surface area (Å²) in [5.74, 6) is 0. The summed E-state index contributed by atoms with van der Waals surface area (Å²) in [7, 11) is 2.11. The lowest BCUT2D eigenvalue weighted by molar-refractivity contribution is 0.00502. The number of unbranched alkanes of at least 4 members (excludes halogenated alkanes) is 7. The fraction of sp³-hybridized carbons (Fsp3) is 1.00. The van der Waals surface area contributed by atoms with Crippen LogP contribution in [0.1, 0.15) is 90.4 Å². The highest BCUT2D eigenvalue weighted by Crippen LogP contribution is 2.19. The quantitative estimate of drug-likeness (QED) is 0.505. The molecule has 1 heterocycles. The molecule has 1 aliphatic rings. The molecule has 2 heteroatoms. The van der Waals surface area contributed by atoms with Gasteiger partial charge in [0.15, 0.2) is 0 Å². The molecule has 2 atom stereocenters. The van der Waals surface area contributed by atoms with Crippen molar-refractivity contribution in [3.8, 4) is 0 Å². The van der Waals surface area contributed by atoms with Crippen LogP contribution in [0.15, 0.2) is 0 Å². The molecule has 1 fully saturated rings. The summed E-state index contributed by atoms with van der Waals surface area (Å²) >= 11 is 0. The van der Waals surface area contributed by atoms with Crippen LogP contribution in [0.3, 0.4) is 0 Å². The first-order valence-corrected chi connectivity index (χ1v) is 9.15. The Hall–Kier alpha value is -0.0800. The van der Waals surface area contributed by atoms with Crippen LogP contribution in [0, 0.1) is 0 Å². The number of nitrogens with one attached hydrogen (secondary N) is 1. The summed E-state index contributed by atoms with van der Waals surface area (Å²) in [6.45, 7) is 3.27. The van der Waals surface area contributed by atoms with Gasteiger partial charge >= 0.3 is 0 Å². The van der Waals surface area contributed by atoms with Crippen molar-refractivity contribution in [2.75, 3.05) is 13.7 Å². The zero-order chi connectivity index (χ0) is 14.5. The molecule has 0 bridgehead atoms. The molecule has 0 aromatic carbocycles. The molecule has 20 heavy (non-hydrogen) atoms. The molecule has 0 aromatic rings. The first kappa shape index (κ1) is 18.0. The number of ether oxygens (including phenoxy) is 1. The van der Waals surface area contributed by atoms with Gasteiger partial charge in [-0.25, -0.2) is 0 Å². The van der Waals surface area contributed by atoms with Crippen LogP contribution in [0.25, 0.3) is 0 Å². The van der Waals surface area contributed by atoms with Gasteiger partial charge in [0.1, 0.15) is 0 Å². The van der Waals surface area contributed by atoms with E-state index in [1.54, 1.807) is 0 Å². The third-order valence-electron chi connectivity index (χ3n) is 4.64. The second-order valence-corrected chi connectivity index (χ2v) is 6.47. The van der Waals surface area contributed by atoms with E-state index in [1.807, 2.05) is 0 Å². The van der Waals surface area contributed by atoms with Crippen molar-refractivity contribution in [3.63, 3.8) is 0 Å². The topological polar surface area (TPSA) is 21.3 Å². The van der Waals surface area contributed by atoms with Gasteiger partial charge in [0.25, 0.3) is 0 Å². The molecule has 0 aliphatic carbocycles. The average Bonchev–Trinajstić information content (AvgIpc) is 2.49. The van der Waals surface area contributed by atoms with Gasteiger partial charge in [0.05, 0.1) is 6.10 Å². The van der Waals surface area contributed by atoms with Crippen LogP contribution in [-0.2, 0) is 4.74 Å². The summed E-state index contributed by atoms with van der Waals surface area (Å²) < 4.78 is 5.85. The lowest BCUT2D eigenvalue weighted by Crippen LogP contribution is -2.32. The van der Waals surface area contributed by atoms with E-state index in [0.29, 0.717) is 12.1 Å². The minimum atomic E-state index is 0.523. The van der Waals surface area contributed by atoms with Crippen molar-refractivity contribution in [2.45, 2.75) is 103 Å². The van der Waals surface area contributed by atoms with Crippen LogP contribution in [0.2, 0.25) is 0 Å². The molecule has 0 amide bonds. The number of rotatable bonds is 12. The third-order valence-corrected chi connectivity index (χ3v) is 4.64. The smallest absolute Gasteiger partial charge is 0.0590 e. The second-order valence-electron chi connectivity index (χ2n) is 6.47. The van der Waals surface area contributed by atoms with Gasteiger partial charge in [-0.05, 0) is 39.2 Å². The lowest BCUT2D eigenvalue weighted by atomic mass is 9.97. The largest absolute Gasteiger partial charge is 0.378 e. The van der Waals surface area contributed by atoms with Crippen LogP contribution >= 0.6 is 0 Å². The zero-order valence-electron chi connectivity index (χ0n) is 14.0. The third kappa shape index (κ3) is 8.97. The standard InChI is InChI=1S/C18H37NO/c1-3-4-5-6-7-8-9-10-13-17(19-2)16-18-14-11-12-15-20-18/h17-19H,3-16H2,1-2H3. The molecule has 1 aliphatic heterocycles. The van der Waals surface area contributed by atoms with Crippen molar-refractivity contribution in [1.29, 1.82) is 0 Å². The fourth-order valence-corrected chi connectivity index (χ4v) is 3.22. The van der Waals surface area contributed by atoms with E-state index in [2.05, 4.69) is 19.3 Å². The first-order valence-electron chi connectivity index (χ1n) is 9.15. The van der Waals surface area contributed by atoms with E-state index < -0.39 is 0 Å². The van der Waals surface area contributed by atoms with Crippen molar-refractivity contribution in [2.24, 2.45) is 0 Å². The van der Waals surface area contributed by atoms with Crippen molar-refractivity contribution in [3.05, 3.63) is 0 Å². The molecule has 0 spiro atoms. The molecule has 1 N–H and O–H groups in total. The van der Waals surface area contributed by atoms with Crippen molar-refractivity contribution < 1.29 is 4.74 Å². The van der Waals surface area contributed by atoms with E-state index in [1.165, 1.54) is 83.5 Å². The Morgan fingerprint density at radius 1 is 1.00 bits per heavy atom. The van der Waals surface area contributed by atoms with E-state index in [-0.39, 0.29) is 0 Å². The Balaban J connectivity index is 1.94.